The average molecular weight is 314 g/mol. The normalized spacial score (nSPS) is 14.0. The van der Waals surface area contributed by atoms with Crippen LogP contribution in [-0.4, -0.2) is 20.1 Å². The maximum atomic E-state index is 10.4. The number of thiazole rings is 1. The number of aromatic nitrogens is 3. The summed E-state index contributed by atoms with van der Waals surface area (Å²) < 4.78 is 0. The Labute approximate surface area is 129 Å². The molecule has 104 valence electrons. The number of aliphatic hydroxyl groups excluding tert-OH is 1. The highest BCUT2D eigenvalue weighted by atomic mass is 32.2. The van der Waals surface area contributed by atoms with Crippen molar-refractivity contribution < 1.29 is 5.11 Å². The molecule has 0 amide bonds. The summed E-state index contributed by atoms with van der Waals surface area (Å²) in [7, 11) is 0. The van der Waals surface area contributed by atoms with Gasteiger partial charge in [0.05, 0.1) is 5.69 Å². The van der Waals surface area contributed by atoms with Crippen molar-refractivity contribution in [3.05, 3.63) is 52.7 Å². The Morgan fingerprint density at radius 1 is 1.10 bits per heavy atom. The number of aliphatic hydroxyl groups is 1. The molecule has 5 nitrogen and oxygen atoms in total. The molecular weight excluding hydrogens is 304 g/mol. The number of nitrogens with one attached hydrogen (secondary N) is 1. The summed E-state index contributed by atoms with van der Waals surface area (Å²) >= 11 is 3.01. The van der Waals surface area contributed by atoms with E-state index in [-0.39, 0.29) is 0 Å². The number of rotatable bonds is 2. The van der Waals surface area contributed by atoms with Gasteiger partial charge in [-0.2, -0.15) is 0 Å². The fourth-order valence-corrected chi connectivity index (χ4v) is 3.66. The molecule has 0 aliphatic carbocycles. The lowest BCUT2D eigenvalue weighted by Gasteiger charge is -2.20. The number of nitrogens with zero attached hydrogens (tertiary/aromatic N) is 3. The molecule has 1 aliphatic rings. The summed E-state index contributed by atoms with van der Waals surface area (Å²) in [5.41, 5.74) is 1.74. The van der Waals surface area contributed by atoms with E-state index in [0.29, 0.717) is 5.01 Å². The van der Waals surface area contributed by atoms with Gasteiger partial charge in [0.25, 0.3) is 0 Å². The summed E-state index contributed by atoms with van der Waals surface area (Å²) in [6, 6.07) is 5.84. The fourth-order valence-electron chi connectivity index (χ4n) is 2.13. The minimum atomic E-state index is -0.703. The average Bonchev–Trinajstić information content (AvgIpc) is 3.06. The molecule has 0 radical (unpaired) electrons. The molecule has 0 fully saturated rings. The molecule has 0 saturated heterocycles. The fraction of sp³-hybridized carbons (Fsp3) is 0.0714. The van der Waals surface area contributed by atoms with Crippen LogP contribution in [-0.2, 0) is 0 Å². The number of anilines is 2. The predicted molar refractivity (Wildman–Crippen MR) is 82.1 cm³/mol. The Kier molecular flexibility index (Phi) is 3.10. The van der Waals surface area contributed by atoms with E-state index in [4.69, 9.17) is 0 Å². The van der Waals surface area contributed by atoms with Gasteiger partial charge in [0.1, 0.15) is 16.1 Å². The second-order valence-electron chi connectivity index (χ2n) is 4.47. The zero-order valence-electron chi connectivity index (χ0n) is 10.7. The van der Waals surface area contributed by atoms with Gasteiger partial charge in [-0.25, -0.2) is 15.0 Å². The molecule has 2 aromatic heterocycles. The Morgan fingerprint density at radius 3 is 2.86 bits per heavy atom. The van der Waals surface area contributed by atoms with Gasteiger partial charge in [0, 0.05) is 28.9 Å². The third-order valence-electron chi connectivity index (χ3n) is 3.13. The van der Waals surface area contributed by atoms with E-state index >= 15 is 0 Å². The lowest BCUT2D eigenvalue weighted by molar-refractivity contribution is 0.220. The third-order valence-corrected chi connectivity index (χ3v) is 5.03. The van der Waals surface area contributed by atoms with E-state index < -0.39 is 6.10 Å². The number of hydrogen-bond donors (Lipinski definition) is 2. The lowest BCUT2D eigenvalue weighted by atomic mass is 10.1. The highest BCUT2D eigenvalue weighted by Gasteiger charge is 2.20. The molecule has 1 atom stereocenters. The largest absolute Gasteiger partial charge is 0.381 e. The van der Waals surface area contributed by atoms with Crippen LogP contribution in [0.15, 0.2) is 52.1 Å². The van der Waals surface area contributed by atoms with Crippen molar-refractivity contribution in [3.8, 4) is 0 Å². The highest BCUT2D eigenvalue weighted by Crippen LogP contribution is 2.43. The van der Waals surface area contributed by atoms with Crippen LogP contribution in [0.4, 0.5) is 11.5 Å². The van der Waals surface area contributed by atoms with Crippen molar-refractivity contribution in [2.75, 3.05) is 5.32 Å². The third kappa shape index (κ3) is 2.29. The molecule has 21 heavy (non-hydrogen) atoms. The van der Waals surface area contributed by atoms with Crippen LogP contribution in [0.2, 0.25) is 0 Å². The van der Waals surface area contributed by atoms with Crippen molar-refractivity contribution in [1.29, 1.82) is 0 Å². The smallest absolute Gasteiger partial charge is 0.163 e. The summed E-state index contributed by atoms with van der Waals surface area (Å²) in [5, 5.41) is 17.0. The van der Waals surface area contributed by atoms with Crippen LogP contribution in [0, 0.1) is 0 Å². The van der Waals surface area contributed by atoms with Gasteiger partial charge < -0.3 is 10.4 Å². The van der Waals surface area contributed by atoms with Crippen molar-refractivity contribution in [2.24, 2.45) is 0 Å². The molecule has 3 heterocycles. The van der Waals surface area contributed by atoms with Crippen LogP contribution in [0.3, 0.4) is 0 Å². The van der Waals surface area contributed by atoms with E-state index in [1.807, 2.05) is 23.6 Å². The summed E-state index contributed by atoms with van der Waals surface area (Å²) in [5.74, 6) is 0.746. The van der Waals surface area contributed by atoms with E-state index in [0.717, 1.165) is 27.0 Å². The van der Waals surface area contributed by atoms with Crippen molar-refractivity contribution in [1.82, 2.24) is 15.0 Å². The monoisotopic (exact) mass is 314 g/mol. The molecule has 0 saturated carbocycles. The zero-order valence-corrected chi connectivity index (χ0v) is 12.4. The van der Waals surface area contributed by atoms with Crippen LogP contribution < -0.4 is 5.32 Å². The van der Waals surface area contributed by atoms with Crippen molar-refractivity contribution in [3.63, 3.8) is 0 Å². The lowest BCUT2D eigenvalue weighted by Crippen LogP contribution is -2.05. The predicted octanol–water partition coefficient (Wildman–Crippen LogP) is 3.22. The zero-order chi connectivity index (χ0) is 14.2. The second kappa shape index (κ2) is 5.10. The Hall–Kier alpha value is -1.96. The topological polar surface area (TPSA) is 70.9 Å². The molecule has 3 aromatic rings. The Bertz CT molecular complexity index is 791. The maximum absolute atomic E-state index is 10.4. The summed E-state index contributed by atoms with van der Waals surface area (Å²) in [6.45, 7) is 0. The molecule has 4 rings (SSSR count). The van der Waals surface area contributed by atoms with E-state index in [2.05, 4.69) is 20.3 Å². The maximum Gasteiger partial charge on any atom is 0.163 e. The number of fused-ring (bicyclic) bond motifs is 2. The van der Waals surface area contributed by atoms with Crippen molar-refractivity contribution in [2.45, 2.75) is 16.0 Å². The van der Waals surface area contributed by atoms with Gasteiger partial charge in [-0.3, -0.25) is 0 Å². The van der Waals surface area contributed by atoms with Crippen LogP contribution >= 0.6 is 23.1 Å². The van der Waals surface area contributed by atoms with Gasteiger partial charge in [-0.15, -0.1) is 11.3 Å². The molecule has 0 spiro atoms. The first kappa shape index (κ1) is 12.8. The standard InChI is InChI=1S/C14H10N4OS2/c19-11(13-17-5-6-20-13)8-1-2-10-9(7-8)18-12-14(21-10)16-4-3-15-12/h1-7,11,19H,(H,15,18). The Balaban J connectivity index is 1.70. The first-order valence-electron chi connectivity index (χ1n) is 6.28. The Morgan fingerprint density at radius 2 is 2.00 bits per heavy atom. The quantitative estimate of drug-likeness (QED) is 0.592. The van der Waals surface area contributed by atoms with Gasteiger partial charge in [0.2, 0.25) is 0 Å². The van der Waals surface area contributed by atoms with E-state index in [1.54, 1.807) is 30.4 Å². The first-order chi connectivity index (χ1) is 10.3. The molecule has 1 aromatic carbocycles. The SMILES string of the molecule is OC(c1ccc2c(c1)Nc1nccnc1S2)c1nccs1. The number of benzene rings is 1. The van der Waals surface area contributed by atoms with E-state index in [9.17, 15) is 5.11 Å². The number of hydrogen-bond acceptors (Lipinski definition) is 7. The van der Waals surface area contributed by atoms with Crippen LogP contribution in [0.5, 0.6) is 0 Å². The van der Waals surface area contributed by atoms with Crippen LogP contribution in [0.1, 0.15) is 16.7 Å². The molecule has 0 bridgehead atoms. The van der Waals surface area contributed by atoms with Gasteiger partial charge in [-0.1, -0.05) is 17.8 Å². The minimum Gasteiger partial charge on any atom is -0.381 e. The molecule has 2 N–H and O–H groups in total. The second-order valence-corrected chi connectivity index (χ2v) is 6.42. The van der Waals surface area contributed by atoms with Crippen LogP contribution in [0.25, 0.3) is 0 Å². The molecular formula is C14H10N4OS2. The van der Waals surface area contributed by atoms with E-state index in [1.165, 1.54) is 11.3 Å². The van der Waals surface area contributed by atoms with Gasteiger partial charge in [0.15, 0.2) is 5.82 Å². The van der Waals surface area contributed by atoms with Crippen molar-refractivity contribution >= 4 is 34.6 Å². The summed E-state index contributed by atoms with van der Waals surface area (Å²) in [4.78, 5) is 13.8. The van der Waals surface area contributed by atoms with Gasteiger partial charge in [-0.05, 0) is 17.7 Å². The minimum absolute atomic E-state index is 0.693. The molecule has 1 aliphatic heterocycles. The summed E-state index contributed by atoms with van der Waals surface area (Å²) in [6.07, 6.45) is 4.33. The molecule has 7 heteroatoms. The molecule has 1 unspecified atom stereocenters. The van der Waals surface area contributed by atoms with Gasteiger partial charge >= 0.3 is 0 Å². The highest BCUT2D eigenvalue weighted by molar-refractivity contribution is 7.99. The first-order valence-corrected chi connectivity index (χ1v) is 7.98.